The lowest BCUT2D eigenvalue weighted by molar-refractivity contribution is -0.114. The molecule has 2 amide bonds. The number of rotatable bonds is 4. The Labute approximate surface area is 156 Å². The fourth-order valence-electron chi connectivity index (χ4n) is 2.86. The van der Waals surface area contributed by atoms with Crippen molar-refractivity contribution in [1.29, 1.82) is 0 Å². The van der Waals surface area contributed by atoms with Crippen LogP contribution in [0.1, 0.15) is 6.92 Å². The van der Waals surface area contributed by atoms with Crippen molar-refractivity contribution >= 4 is 35.1 Å². The van der Waals surface area contributed by atoms with Gasteiger partial charge in [0.05, 0.1) is 5.69 Å². The molecule has 0 bridgehead atoms. The number of benzene rings is 2. The molecule has 0 unspecified atom stereocenters. The Kier molecular flexibility index (Phi) is 5.68. The number of carbonyl (C=O) groups is 2. The molecule has 7 heteroatoms. The van der Waals surface area contributed by atoms with Crippen LogP contribution in [-0.2, 0) is 4.79 Å². The van der Waals surface area contributed by atoms with Gasteiger partial charge in [-0.25, -0.2) is 4.79 Å². The summed E-state index contributed by atoms with van der Waals surface area (Å²) in [6, 6.07) is 16.0. The van der Waals surface area contributed by atoms with Gasteiger partial charge >= 0.3 is 6.09 Å². The number of hydrogen-bond acceptors (Lipinski definition) is 4. The number of carbonyl (C=O) groups excluding carboxylic acids is 1. The molecular weight excluding hydrogens is 350 g/mol. The van der Waals surface area contributed by atoms with E-state index in [1.165, 1.54) is 11.8 Å². The van der Waals surface area contributed by atoms with Gasteiger partial charge in [0.1, 0.15) is 0 Å². The third-order valence-electron chi connectivity index (χ3n) is 4.16. The zero-order valence-electron chi connectivity index (χ0n) is 14.5. The van der Waals surface area contributed by atoms with Gasteiger partial charge in [-0.05, 0) is 30.3 Å². The summed E-state index contributed by atoms with van der Waals surface area (Å²) in [4.78, 5) is 28.3. The third kappa shape index (κ3) is 4.49. The van der Waals surface area contributed by atoms with E-state index in [-0.39, 0.29) is 5.91 Å². The SMILES string of the molecule is CC(=O)Nc1cc(N2CCN(C(=O)O)CC2)ccc1Sc1ccccc1. The second-order valence-corrected chi connectivity index (χ2v) is 7.15. The van der Waals surface area contributed by atoms with Gasteiger partial charge in [-0.1, -0.05) is 30.0 Å². The van der Waals surface area contributed by atoms with Crippen molar-refractivity contribution in [3.63, 3.8) is 0 Å². The molecule has 136 valence electrons. The molecule has 6 nitrogen and oxygen atoms in total. The van der Waals surface area contributed by atoms with Crippen LogP contribution in [0.4, 0.5) is 16.2 Å². The standard InChI is InChI=1S/C19H21N3O3S/c1-14(23)20-17-13-15(21-9-11-22(12-10-21)19(24)25)7-8-18(17)26-16-5-3-2-4-6-16/h2-8,13H,9-12H2,1H3,(H,20,23)(H,24,25). The Morgan fingerprint density at radius 3 is 2.35 bits per heavy atom. The van der Waals surface area contributed by atoms with Gasteiger partial charge in [0.15, 0.2) is 0 Å². The molecule has 0 aromatic heterocycles. The van der Waals surface area contributed by atoms with E-state index in [2.05, 4.69) is 10.2 Å². The van der Waals surface area contributed by atoms with Crippen LogP contribution in [0.15, 0.2) is 58.3 Å². The molecule has 1 saturated heterocycles. The lowest BCUT2D eigenvalue weighted by Gasteiger charge is -2.35. The van der Waals surface area contributed by atoms with E-state index in [1.807, 2.05) is 48.5 Å². The summed E-state index contributed by atoms with van der Waals surface area (Å²) in [6.45, 7) is 3.72. The molecule has 0 aliphatic carbocycles. The monoisotopic (exact) mass is 371 g/mol. The summed E-state index contributed by atoms with van der Waals surface area (Å²) in [7, 11) is 0. The van der Waals surface area contributed by atoms with Crippen LogP contribution >= 0.6 is 11.8 Å². The Bertz CT molecular complexity index is 790. The van der Waals surface area contributed by atoms with E-state index in [0.29, 0.717) is 26.2 Å². The first-order chi connectivity index (χ1) is 12.5. The zero-order valence-corrected chi connectivity index (χ0v) is 15.3. The first-order valence-electron chi connectivity index (χ1n) is 8.40. The van der Waals surface area contributed by atoms with Crippen molar-refractivity contribution in [2.75, 3.05) is 36.4 Å². The highest BCUT2D eigenvalue weighted by molar-refractivity contribution is 7.99. The van der Waals surface area contributed by atoms with E-state index in [1.54, 1.807) is 11.8 Å². The highest BCUT2D eigenvalue weighted by Gasteiger charge is 2.21. The molecule has 0 spiro atoms. The molecule has 2 N–H and O–H groups in total. The molecule has 1 fully saturated rings. The first-order valence-corrected chi connectivity index (χ1v) is 9.22. The van der Waals surface area contributed by atoms with Crippen molar-refractivity contribution in [1.82, 2.24) is 4.90 Å². The van der Waals surface area contributed by atoms with Crippen LogP contribution in [0.25, 0.3) is 0 Å². The van der Waals surface area contributed by atoms with Crippen LogP contribution in [0, 0.1) is 0 Å². The average molecular weight is 371 g/mol. The summed E-state index contributed by atoms with van der Waals surface area (Å²) >= 11 is 1.60. The maximum Gasteiger partial charge on any atom is 0.407 e. The third-order valence-corrected chi connectivity index (χ3v) is 5.24. The van der Waals surface area contributed by atoms with Crippen LogP contribution in [0.5, 0.6) is 0 Å². The molecule has 1 heterocycles. The summed E-state index contributed by atoms with van der Waals surface area (Å²) in [5.74, 6) is -0.118. The predicted octanol–water partition coefficient (Wildman–Crippen LogP) is 3.60. The topological polar surface area (TPSA) is 72.9 Å². The molecule has 0 atom stereocenters. The molecule has 2 aromatic carbocycles. The minimum Gasteiger partial charge on any atom is -0.465 e. The van der Waals surface area contributed by atoms with Crippen molar-refractivity contribution in [2.24, 2.45) is 0 Å². The Morgan fingerprint density at radius 2 is 1.73 bits per heavy atom. The summed E-state index contributed by atoms with van der Waals surface area (Å²) in [6.07, 6.45) is -0.877. The maximum absolute atomic E-state index is 11.6. The van der Waals surface area contributed by atoms with Gasteiger partial charge in [0.2, 0.25) is 5.91 Å². The van der Waals surface area contributed by atoms with Gasteiger partial charge in [-0.3, -0.25) is 4.79 Å². The van der Waals surface area contributed by atoms with Crippen molar-refractivity contribution in [2.45, 2.75) is 16.7 Å². The van der Waals surface area contributed by atoms with Crippen LogP contribution in [-0.4, -0.2) is 48.2 Å². The van der Waals surface area contributed by atoms with Crippen LogP contribution < -0.4 is 10.2 Å². The summed E-state index contributed by atoms with van der Waals surface area (Å²) in [5, 5.41) is 12.0. The Balaban J connectivity index is 1.80. The van der Waals surface area contributed by atoms with Crippen LogP contribution in [0.3, 0.4) is 0 Å². The van der Waals surface area contributed by atoms with Gasteiger partial charge < -0.3 is 20.2 Å². The van der Waals surface area contributed by atoms with Gasteiger partial charge in [0, 0.05) is 48.6 Å². The quantitative estimate of drug-likeness (QED) is 0.859. The first kappa shape index (κ1) is 18.1. The minimum atomic E-state index is -0.877. The number of nitrogens with one attached hydrogen (secondary N) is 1. The van der Waals surface area contributed by atoms with Crippen molar-refractivity contribution < 1.29 is 14.7 Å². The second-order valence-electron chi connectivity index (χ2n) is 6.03. The number of nitrogens with zero attached hydrogens (tertiary/aromatic N) is 2. The summed E-state index contributed by atoms with van der Waals surface area (Å²) < 4.78 is 0. The largest absolute Gasteiger partial charge is 0.465 e. The molecule has 3 rings (SSSR count). The molecule has 0 saturated carbocycles. The van der Waals surface area contributed by atoms with Gasteiger partial charge in [0.25, 0.3) is 0 Å². The van der Waals surface area contributed by atoms with E-state index >= 15 is 0 Å². The van der Waals surface area contributed by atoms with Gasteiger partial charge in [-0.2, -0.15) is 0 Å². The van der Waals surface area contributed by atoms with Crippen LogP contribution in [0.2, 0.25) is 0 Å². The highest BCUT2D eigenvalue weighted by atomic mass is 32.2. The minimum absolute atomic E-state index is 0.118. The lowest BCUT2D eigenvalue weighted by Crippen LogP contribution is -2.48. The van der Waals surface area contributed by atoms with E-state index in [9.17, 15) is 9.59 Å². The predicted molar refractivity (Wildman–Crippen MR) is 103 cm³/mol. The average Bonchev–Trinajstić information content (AvgIpc) is 2.64. The molecule has 2 aromatic rings. The number of carboxylic acid groups (broad SMARTS) is 1. The van der Waals surface area contributed by atoms with Crippen molar-refractivity contribution in [3.8, 4) is 0 Å². The molecule has 1 aliphatic rings. The Morgan fingerprint density at radius 1 is 1.04 bits per heavy atom. The fraction of sp³-hybridized carbons (Fsp3) is 0.263. The van der Waals surface area contributed by atoms with Crippen molar-refractivity contribution in [3.05, 3.63) is 48.5 Å². The molecular formula is C19H21N3O3S. The highest BCUT2D eigenvalue weighted by Crippen LogP contribution is 2.36. The molecule has 1 aliphatic heterocycles. The normalized spacial score (nSPS) is 14.2. The van der Waals surface area contributed by atoms with E-state index < -0.39 is 6.09 Å². The van der Waals surface area contributed by atoms with E-state index in [4.69, 9.17) is 5.11 Å². The number of amides is 2. The number of anilines is 2. The maximum atomic E-state index is 11.6. The summed E-state index contributed by atoms with van der Waals surface area (Å²) in [5.41, 5.74) is 1.75. The zero-order chi connectivity index (χ0) is 18.5. The molecule has 0 radical (unpaired) electrons. The fourth-order valence-corrected chi connectivity index (χ4v) is 3.77. The number of piperazine rings is 1. The lowest BCUT2D eigenvalue weighted by atomic mass is 10.2. The van der Waals surface area contributed by atoms with Gasteiger partial charge in [-0.15, -0.1) is 0 Å². The second kappa shape index (κ2) is 8.14. The van der Waals surface area contributed by atoms with E-state index in [0.717, 1.165) is 21.2 Å². The smallest absolute Gasteiger partial charge is 0.407 e. The number of hydrogen-bond donors (Lipinski definition) is 2. The Hall–Kier alpha value is -2.67. The molecule has 26 heavy (non-hydrogen) atoms.